The van der Waals surface area contributed by atoms with Crippen molar-refractivity contribution in [3.63, 3.8) is 0 Å². The quantitative estimate of drug-likeness (QED) is 0.293. The van der Waals surface area contributed by atoms with Crippen LogP contribution in [0.3, 0.4) is 0 Å². The fourth-order valence-electron chi connectivity index (χ4n) is 7.35. The first-order valence-electron chi connectivity index (χ1n) is 12.9. The van der Waals surface area contributed by atoms with E-state index in [0.29, 0.717) is 19.7 Å². The summed E-state index contributed by atoms with van der Waals surface area (Å²) in [6.07, 6.45) is 2.23. The van der Waals surface area contributed by atoms with Gasteiger partial charge in [0.05, 0.1) is 39.5 Å². The van der Waals surface area contributed by atoms with Crippen molar-refractivity contribution in [2.75, 3.05) is 12.0 Å². The Balaban J connectivity index is 1.56. The van der Waals surface area contributed by atoms with Crippen LogP contribution < -0.4 is 15.4 Å². The second-order valence-corrected chi connectivity index (χ2v) is 12.1. The van der Waals surface area contributed by atoms with E-state index in [1.165, 1.54) is 12.0 Å². The number of allylic oxidation sites excluding steroid dienone is 2. The molecule has 6 amide bonds. The third kappa shape index (κ3) is 3.42. The zero-order valence-electron chi connectivity index (χ0n) is 21.7. The SMILES string of the molecule is COc1cc([C@H]2C3=CC[C@@H]4C(=O)N(C(N)=O)C(=O)[C@@H]4[C@@H]3C[C@H]3C(=O)N(c4ccccc4)C(=O)[C@@]23C)cc(I)c1O. The molecule has 11 heteroatoms. The van der Waals surface area contributed by atoms with Crippen LogP contribution in [-0.4, -0.2) is 46.8 Å². The van der Waals surface area contributed by atoms with Crippen molar-refractivity contribution >= 4 is 57.9 Å². The number of nitrogens with zero attached hydrogens (tertiary/aromatic N) is 2. The van der Waals surface area contributed by atoms with Gasteiger partial charge in [-0.05, 0) is 78.1 Å². The summed E-state index contributed by atoms with van der Waals surface area (Å²) in [5, 5.41) is 10.5. The number of urea groups is 1. The van der Waals surface area contributed by atoms with Gasteiger partial charge in [0.1, 0.15) is 0 Å². The maximum absolute atomic E-state index is 14.3. The third-order valence-corrected chi connectivity index (χ3v) is 9.94. The molecule has 2 heterocycles. The smallest absolute Gasteiger partial charge is 0.328 e. The van der Waals surface area contributed by atoms with Gasteiger partial charge in [-0.2, -0.15) is 4.90 Å². The van der Waals surface area contributed by atoms with Crippen LogP contribution in [0.4, 0.5) is 10.5 Å². The number of halogens is 1. The number of ether oxygens (including phenoxy) is 1. The summed E-state index contributed by atoms with van der Waals surface area (Å²) in [6, 6.07) is 11.0. The fraction of sp³-hybridized carbons (Fsp3) is 0.345. The van der Waals surface area contributed by atoms with E-state index in [-0.39, 0.29) is 36.2 Å². The number of hydrogen-bond donors (Lipinski definition) is 2. The molecule has 40 heavy (non-hydrogen) atoms. The number of phenolic OH excluding ortho intramolecular Hbond substituents is 1. The second kappa shape index (κ2) is 9.15. The molecule has 3 fully saturated rings. The zero-order valence-corrected chi connectivity index (χ0v) is 23.8. The van der Waals surface area contributed by atoms with Gasteiger partial charge in [-0.1, -0.05) is 29.8 Å². The number of para-hydroxylation sites is 1. The molecule has 2 saturated heterocycles. The molecule has 6 rings (SSSR count). The molecule has 0 bridgehead atoms. The van der Waals surface area contributed by atoms with Crippen LogP contribution in [0.15, 0.2) is 54.1 Å². The Labute approximate surface area is 243 Å². The molecule has 2 aliphatic carbocycles. The van der Waals surface area contributed by atoms with Crippen LogP contribution in [0.5, 0.6) is 11.5 Å². The van der Waals surface area contributed by atoms with Crippen LogP contribution in [0.2, 0.25) is 0 Å². The van der Waals surface area contributed by atoms with E-state index in [0.717, 1.165) is 5.57 Å². The summed E-state index contributed by atoms with van der Waals surface area (Å²) in [5.74, 6) is -5.60. The number of aromatic hydroxyl groups is 1. The van der Waals surface area contributed by atoms with Crippen molar-refractivity contribution in [2.45, 2.75) is 25.7 Å². The van der Waals surface area contributed by atoms with Crippen molar-refractivity contribution in [2.24, 2.45) is 34.8 Å². The average molecular weight is 655 g/mol. The Kier molecular flexibility index (Phi) is 6.06. The number of hydrogen-bond acceptors (Lipinski definition) is 7. The van der Waals surface area contributed by atoms with E-state index in [1.54, 1.807) is 49.4 Å². The van der Waals surface area contributed by atoms with Crippen LogP contribution in [0.1, 0.15) is 31.2 Å². The van der Waals surface area contributed by atoms with Crippen molar-refractivity contribution in [3.05, 3.63) is 63.2 Å². The van der Waals surface area contributed by atoms with E-state index in [2.05, 4.69) is 0 Å². The van der Waals surface area contributed by atoms with Crippen molar-refractivity contribution in [1.82, 2.24) is 4.90 Å². The predicted octanol–water partition coefficient (Wildman–Crippen LogP) is 3.31. The summed E-state index contributed by atoms with van der Waals surface area (Å²) in [4.78, 5) is 68.6. The minimum absolute atomic E-state index is 0.0491. The number of nitrogens with two attached hydrogens (primary N) is 1. The number of primary amides is 1. The third-order valence-electron chi connectivity index (χ3n) is 9.11. The normalized spacial score (nSPS) is 31.1. The highest BCUT2D eigenvalue weighted by Gasteiger charge is 2.68. The molecule has 10 nitrogen and oxygen atoms in total. The Bertz CT molecular complexity index is 1540. The number of benzene rings is 2. The standard InChI is InChI=1S/C29H26IN3O7/c1-29-18(25(36)32(27(29)38)14-6-4-3-5-7-14)12-17-15(22(29)13-10-19(30)23(34)20(11-13)40-2)8-9-16-21(17)26(37)33(24(16)35)28(31)39/h3-8,10-11,16-18,21-22,34H,9,12H2,1-2H3,(H2,31,39)/t16-,17+,18-,21-,22-,29+/m0/s1. The fourth-order valence-corrected chi connectivity index (χ4v) is 7.98. The summed E-state index contributed by atoms with van der Waals surface area (Å²) in [7, 11) is 1.43. The Morgan fingerprint density at radius 1 is 1.07 bits per heavy atom. The van der Waals surface area contributed by atoms with Gasteiger partial charge in [0.25, 0.3) is 0 Å². The second-order valence-electron chi connectivity index (χ2n) is 10.9. The van der Waals surface area contributed by atoms with Gasteiger partial charge in [-0.3, -0.25) is 19.2 Å². The topological polar surface area (TPSA) is 147 Å². The molecule has 0 spiro atoms. The van der Waals surface area contributed by atoms with Crippen LogP contribution in [0, 0.1) is 32.7 Å². The predicted molar refractivity (Wildman–Crippen MR) is 150 cm³/mol. The van der Waals surface area contributed by atoms with Crippen LogP contribution in [-0.2, 0) is 19.2 Å². The molecule has 6 atom stereocenters. The van der Waals surface area contributed by atoms with Gasteiger partial charge in [0.15, 0.2) is 11.5 Å². The Morgan fingerprint density at radius 3 is 2.42 bits per heavy atom. The lowest BCUT2D eigenvalue weighted by Crippen LogP contribution is -2.49. The number of carbonyl (C=O) groups excluding carboxylic acids is 5. The van der Waals surface area contributed by atoms with E-state index < -0.39 is 52.8 Å². The van der Waals surface area contributed by atoms with Gasteiger partial charge in [-0.15, -0.1) is 0 Å². The summed E-state index contributed by atoms with van der Waals surface area (Å²) < 4.78 is 5.92. The van der Waals surface area contributed by atoms with Crippen molar-refractivity contribution < 1.29 is 33.8 Å². The molecular formula is C29H26IN3O7. The van der Waals surface area contributed by atoms with E-state index in [1.807, 2.05) is 28.7 Å². The van der Waals surface area contributed by atoms with Gasteiger partial charge in [0, 0.05) is 5.92 Å². The van der Waals surface area contributed by atoms with E-state index >= 15 is 0 Å². The number of fused-ring (bicyclic) bond motifs is 4. The average Bonchev–Trinajstić information content (AvgIpc) is 3.30. The molecular weight excluding hydrogens is 629 g/mol. The van der Waals surface area contributed by atoms with Crippen LogP contribution in [0.25, 0.3) is 0 Å². The number of likely N-dealkylation sites (tertiary alicyclic amines) is 1. The van der Waals surface area contributed by atoms with Crippen molar-refractivity contribution in [1.29, 1.82) is 0 Å². The Morgan fingerprint density at radius 2 is 1.77 bits per heavy atom. The molecule has 3 N–H and O–H groups in total. The molecule has 0 aromatic heterocycles. The maximum Gasteiger partial charge on any atom is 0.328 e. The largest absolute Gasteiger partial charge is 0.504 e. The first kappa shape index (κ1) is 26.5. The first-order chi connectivity index (χ1) is 19.0. The van der Waals surface area contributed by atoms with Gasteiger partial charge in [-0.25, -0.2) is 9.69 Å². The molecule has 1 saturated carbocycles. The molecule has 206 valence electrons. The minimum Gasteiger partial charge on any atom is -0.504 e. The lowest BCUT2D eigenvalue weighted by atomic mass is 9.51. The molecule has 2 aromatic rings. The van der Waals surface area contributed by atoms with Crippen molar-refractivity contribution in [3.8, 4) is 11.5 Å². The van der Waals surface area contributed by atoms with E-state index in [4.69, 9.17) is 10.5 Å². The van der Waals surface area contributed by atoms with Crippen LogP contribution >= 0.6 is 22.6 Å². The number of phenols is 1. The highest BCUT2D eigenvalue weighted by atomic mass is 127. The highest BCUT2D eigenvalue weighted by molar-refractivity contribution is 14.1. The maximum atomic E-state index is 14.3. The van der Waals surface area contributed by atoms with Gasteiger partial charge >= 0.3 is 6.03 Å². The molecule has 0 unspecified atom stereocenters. The monoisotopic (exact) mass is 655 g/mol. The summed E-state index contributed by atoms with van der Waals surface area (Å²) >= 11 is 1.98. The molecule has 0 radical (unpaired) electrons. The highest BCUT2D eigenvalue weighted by Crippen LogP contribution is 2.64. The van der Waals surface area contributed by atoms with Gasteiger partial charge in [0.2, 0.25) is 23.6 Å². The number of amides is 6. The number of rotatable bonds is 3. The molecule has 2 aliphatic heterocycles. The summed E-state index contributed by atoms with van der Waals surface area (Å²) in [6.45, 7) is 1.78. The lowest BCUT2D eigenvalue weighted by Gasteiger charge is -2.49. The number of methoxy groups -OCH3 is 1. The van der Waals surface area contributed by atoms with E-state index in [9.17, 15) is 29.1 Å². The minimum atomic E-state index is -1.23. The number of anilines is 1. The first-order valence-corrected chi connectivity index (χ1v) is 14.0. The molecule has 4 aliphatic rings. The molecule has 2 aromatic carbocycles. The number of imide groups is 4. The number of carbonyl (C=O) groups is 5. The Hall–Kier alpha value is -3.74. The summed E-state index contributed by atoms with van der Waals surface area (Å²) in [5.41, 5.74) is 6.01. The zero-order chi connectivity index (χ0) is 28.7. The lowest BCUT2D eigenvalue weighted by molar-refractivity contribution is -0.136. The van der Waals surface area contributed by atoms with Gasteiger partial charge < -0.3 is 15.6 Å².